The normalized spacial score (nSPS) is 28.5. The molecule has 0 spiro atoms. The Labute approximate surface area is 128 Å². The number of hydrogen-bond donors (Lipinski definition) is 1. The first kappa shape index (κ1) is 16.6. The van der Waals surface area contributed by atoms with Gasteiger partial charge in [0.05, 0.1) is 11.8 Å². The van der Waals surface area contributed by atoms with Gasteiger partial charge in [0.2, 0.25) is 0 Å². The van der Waals surface area contributed by atoms with Crippen molar-refractivity contribution >= 4 is 22.1 Å². The summed E-state index contributed by atoms with van der Waals surface area (Å²) in [5.74, 6) is -0.569. The summed E-state index contributed by atoms with van der Waals surface area (Å²) in [6, 6.07) is 7.53. The predicted octanol–water partition coefficient (Wildman–Crippen LogP) is 1.46. The first-order chi connectivity index (χ1) is 10.2. The van der Waals surface area contributed by atoms with Crippen LogP contribution in [0.2, 0.25) is 0 Å². The molecule has 1 aromatic carbocycles. The molecular formula is C14H18NO6S+. The Hall–Kier alpha value is -1.77. The molecule has 1 fully saturated rings. The van der Waals surface area contributed by atoms with Crippen LogP contribution in [0, 0.1) is 0 Å². The molecule has 0 unspecified atom stereocenters. The SMILES string of the molecule is C[C@@H]1C[C@@H](OS(C)(=O)=O)C[N@+]1(C(=O)O)C(=O)c1ccccc1. The fraction of sp³-hybridized carbons (Fsp3) is 0.429. The van der Waals surface area contributed by atoms with E-state index in [0.717, 1.165) is 6.26 Å². The summed E-state index contributed by atoms with van der Waals surface area (Å²) in [6.07, 6.45) is -1.04. The molecule has 2 rings (SSSR count). The van der Waals surface area contributed by atoms with Gasteiger partial charge in [-0.1, -0.05) is 18.2 Å². The highest BCUT2D eigenvalue weighted by Gasteiger charge is 2.57. The van der Waals surface area contributed by atoms with E-state index in [9.17, 15) is 23.1 Å². The Balaban J connectivity index is 2.38. The standard InChI is InChI=1S/C14H17NO6S/c1-10-8-12(21-22(2,19)20)9-15(10,14(17)18)13(16)11-6-4-3-5-7-11/h3-7,10,12H,8-9H2,1-2H3/p+1/t10-,12-,15-/m1/s1. The number of imide groups is 1. The minimum Gasteiger partial charge on any atom is -0.435 e. The first-order valence-electron chi connectivity index (χ1n) is 6.76. The van der Waals surface area contributed by atoms with Gasteiger partial charge in [-0.05, 0) is 19.1 Å². The largest absolute Gasteiger partial charge is 0.521 e. The fourth-order valence-corrected chi connectivity index (χ4v) is 3.53. The van der Waals surface area contributed by atoms with Crippen LogP contribution >= 0.6 is 0 Å². The highest BCUT2D eigenvalue weighted by molar-refractivity contribution is 7.86. The molecule has 0 aliphatic carbocycles. The van der Waals surface area contributed by atoms with E-state index < -0.39 is 38.7 Å². The molecule has 1 aromatic rings. The van der Waals surface area contributed by atoms with E-state index in [0.29, 0.717) is 0 Å². The predicted molar refractivity (Wildman–Crippen MR) is 77.7 cm³/mol. The number of quaternary nitrogens is 1. The van der Waals surface area contributed by atoms with Crippen LogP contribution < -0.4 is 0 Å². The van der Waals surface area contributed by atoms with E-state index in [1.54, 1.807) is 37.3 Å². The van der Waals surface area contributed by atoms with Crippen LogP contribution in [0.15, 0.2) is 30.3 Å². The minimum atomic E-state index is -3.71. The molecule has 2 amide bonds. The Morgan fingerprint density at radius 1 is 1.27 bits per heavy atom. The quantitative estimate of drug-likeness (QED) is 0.666. The summed E-state index contributed by atoms with van der Waals surface area (Å²) in [5, 5.41) is 9.63. The Bertz CT molecular complexity index is 687. The number of carboxylic acid groups (broad SMARTS) is 1. The molecule has 1 aliphatic heterocycles. The summed E-state index contributed by atoms with van der Waals surface area (Å²) >= 11 is 0. The maximum absolute atomic E-state index is 12.7. The van der Waals surface area contributed by atoms with Crippen molar-refractivity contribution in [3.8, 4) is 0 Å². The van der Waals surface area contributed by atoms with Gasteiger partial charge in [-0.2, -0.15) is 17.7 Å². The smallest absolute Gasteiger partial charge is 0.435 e. The van der Waals surface area contributed by atoms with Crippen molar-refractivity contribution in [2.45, 2.75) is 25.5 Å². The van der Waals surface area contributed by atoms with Crippen LogP contribution in [-0.2, 0) is 14.3 Å². The summed E-state index contributed by atoms with van der Waals surface area (Å²) in [4.78, 5) is 24.5. The van der Waals surface area contributed by atoms with Crippen LogP contribution in [-0.4, -0.2) is 55.0 Å². The molecule has 1 heterocycles. The number of amides is 2. The Kier molecular flexibility index (Phi) is 4.37. The molecule has 22 heavy (non-hydrogen) atoms. The van der Waals surface area contributed by atoms with Crippen molar-refractivity contribution < 1.29 is 31.8 Å². The second kappa shape index (κ2) is 5.79. The van der Waals surface area contributed by atoms with Crippen LogP contribution in [0.25, 0.3) is 0 Å². The van der Waals surface area contributed by atoms with Crippen molar-refractivity contribution in [3.63, 3.8) is 0 Å². The lowest BCUT2D eigenvalue weighted by Crippen LogP contribution is -2.59. The average molecular weight is 328 g/mol. The number of carbonyl (C=O) groups is 2. The van der Waals surface area contributed by atoms with E-state index >= 15 is 0 Å². The zero-order valence-electron chi connectivity index (χ0n) is 12.3. The molecule has 3 atom stereocenters. The lowest BCUT2D eigenvalue weighted by atomic mass is 10.1. The molecule has 0 aromatic heterocycles. The number of benzene rings is 1. The molecule has 7 nitrogen and oxygen atoms in total. The fourth-order valence-electron chi connectivity index (χ4n) is 2.90. The average Bonchev–Trinajstić information content (AvgIpc) is 2.74. The zero-order valence-corrected chi connectivity index (χ0v) is 13.1. The molecular weight excluding hydrogens is 310 g/mol. The molecule has 120 valence electrons. The van der Waals surface area contributed by atoms with Crippen molar-refractivity contribution in [2.24, 2.45) is 0 Å². The van der Waals surface area contributed by atoms with E-state index in [1.807, 2.05) is 0 Å². The monoisotopic (exact) mass is 328 g/mol. The molecule has 1 saturated heterocycles. The van der Waals surface area contributed by atoms with E-state index in [1.165, 1.54) is 0 Å². The van der Waals surface area contributed by atoms with Crippen molar-refractivity contribution in [3.05, 3.63) is 35.9 Å². The third kappa shape index (κ3) is 3.03. The topological polar surface area (TPSA) is 97.7 Å². The van der Waals surface area contributed by atoms with Gasteiger partial charge in [0.25, 0.3) is 10.1 Å². The van der Waals surface area contributed by atoms with Gasteiger partial charge >= 0.3 is 12.0 Å². The molecule has 0 saturated carbocycles. The maximum atomic E-state index is 12.7. The van der Waals surface area contributed by atoms with E-state index in [2.05, 4.69) is 0 Å². The summed E-state index contributed by atoms with van der Waals surface area (Å²) < 4.78 is 26.6. The number of nitrogens with zero attached hydrogens (tertiary/aromatic N) is 1. The van der Waals surface area contributed by atoms with Crippen LogP contribution in [0.1, 0.15) is 23.7 Å². The zero-order chi connectivity index (χ0) is 16.5. The molecule has 1 N–H and O–H groups in total. The first-order valence-corrected chi connectivity index (χ1v) is 8.58. The van der Waals surface area contributed by atoms with Crippen molar-refractivity contribution in [1.82, 2.24) is 0 Å². The second-order valence-electron chi connectivity index (χ2n) is 5.51. The van der Waals surface area contributed by atoms with Crippen molar-refractivity contribution in [1.29, 1.82) is 0 Å². The second-order valence-corrected chi connectivity index (χ2v) is 7.11. The van der Waals surface area contributed by atoms with Gasteiger partial charge in [-0.15, -0.1) is 0 Å². The lowest BCUT2D eigenvalue weighted by molar-refractivity contribution is -0.787. The van der Waals surface area contributed by atoms with Crippen molar-refractivity contribution in [2.75, 3.05) is 12.8 Å². The number of rotatable bonds is 3. The third-order valence-corrected chi connectivity index (χ3v) is 4.51. The number of likely N-dealkylation sites (tertiary alicyclic amines) is 1. The number of hydrogen-bond acceptors (Lipinski definition) is 5. The molecule has 1 aliphatic rings. The Morgan fingerprint density at radius 2 is 1.86 bits per heavy atom. The van der Waals surface area contributed by atoms with Crippen LogP contribution in [0.3, 0.4) is 0 Å². The van der Waals surface area contributed by atoms with Gasteiger partial charge in [0.1, 0.15) is 18.7 Å². The van der Waals surface area contributed by atoms with E-state index in [-0.39, 0.29) is 18.5 Å². The van der Waals surface area contributed by atoms with Gasteiger partial charge < -0.3 is 5.11 Å². The number of carbonyl (C=O) groups excluding carboxylic acids is 1. The van der Waals surface area contributed by atoms with Gasteiger partial charge in [0, 0.05) is 6.42 Å². The van der Waals surface area contributed by atoms with E-state index in [4.69, 9.17) is 4.18 Å². The highest BCUT2D eigenvalue weighted by Crippen LogP contribution is 2.32. The maximum Gasteiger partial charge on any atom is 0.521 e. The summed E-state index contributed by atoms with van der Waals surface area (Å²) in [6.45, 7) is 1.40. The van der Waals surface area contributed by atoms with Crippen LogP contribution in [0.4, 0.5) is 4.79 Å². The van der Waals surface area contributed by atoms with Gasteiger partial charge in [0.15, 0.2) is 0 Å². The summed E-state index contributed by atoms with van der Waals surface area (Å²) in [7, 11) is -3.71. The highest BCUT2D eigenvalue weighted by atomic mass is 32.2. The lowest BCUT2D eigenvalue weighted by Gasteiger charge is -2.29. The molecule has 0 bridgehead atoms. The molecule has 8 heteroatoms. The molecule has 0 radical (unpaired) electrons. The Morgan fingerprint density at radius 3 is 2.36 bits per heavy atom. The minimum absolute atomic E-state index is 0.179. The van der Waals surface area contributed by atoms with Crippen LogP contribution in [0.5, 0.6) is 0 Å². The van der Waals surface area contributed by atoms with Gasteiger partial charge in [-0.25, -0.2) is 4.79 Å². The third-order valence-electron chi connectivity index (χ3n) is 3.88. The summed E-state index contributed by atoms with van der Waals surface area (Å²) in [5.41, 5.74) is 0.275. The van der Waals surface area contributed by atoms with Gasteiger partial charge in [-0.3, -0.25) is 4.18 Å².